The van der Waals surface area contributed by atoms with E-state index in [1.165, 1.54) is 14.0 Å². The molecule has 1 unspecified atom stereocenters. The van der Waals surface area contributed by atoms with Crippen LogP contribution in [0, 0.1) is 0 Å². The fraction of sp³-hybridized carbons (Fsp3) is 0.778. The summed E-state index contributed by atoms with van der Waals surface area (Å²) in [6.45, 7) is 1.40. The molecule has 0 bridgehead atoms. The minimum atomic E-state index is -3.07. The van der Waals surface area contributed by atoms with Gasteiger partial charge in [-0.25, -0.2) is 13.2 Å². The molecule has 0 aromatic rings. The van der Waals surface area contributed by atoms with Crippen molar-refractivity contribution in [3.05, 3.63) is 0 Å². The first-order chi connectivity index (χ1) is 7.15. The van der Waals surface area contributed by atoms with Crippen molar-refractivity contribution in [1.82, 2.24) is 4.90 Å². The van der Waals surface area contributed by atoms with Gasteiger partial charge in [0.15, 0.2) is 0 Å². The van der Waals surface area contributed by atoms with Crippen LogP contribution >= 0.6 is 0 Å². The summed E-state index contributed by atoms with van der Waals surface area (Å²) < 4.78 is 21.6. The predicted molar refractivity (Wildman–Crippen MR) is 58.8 cm³/mol. The second kappa shape index (κ2) is 5.83. The van der Waals surface area contributed by atoms with Crippen molar-refractivity contribution in [2.75, 3.05) is 19.1 Å². The van der Waals surface area contributed by atoms with E-state index in [0.717, 1.165) is 11.2 Å². The van der Waals surface area contributed by atoms with Crippen molar-refractivity contribution >= 4 is 21.7 Å². The van der Waals surface area contributed by atoms with Crippen LogP contribution in [0.2, 0.25) is 0 Å². The molecular weight excluding hydrogens is 234 g/mol. The molecule has 1 atom stereocenters. The Hall–Kier alpha value is -1.11. The Morgan fingerprint density at radius 2 is 1.88 bits per heavy atom. The molecule has 16 heavy (non-hydrogen) atoms. The molecule has 0 aromatic heterocycles. The van der Waals surface area contributed by atoms with Gasteiger partial charge in [0.05, 0.1) is 5.75 Å². The van der Waals surface area contributed by atoms with E-state index in [1.807, 2.05) is 0 Å². The molecule has 0 aromatic carbocycles. The first-order valence-corrected chi connectivity index (χ1v) is 6.87. The number of aliphatic carboxylic acids is 1. The van der Waals surface area contributed by atoms with E-state index in [-0.39, 0.29) is 24.5 Å². The highest BCUT2D eigenvalue weighted by Gasteiger charge is 2.21. The minimum Gasteiger partial charge on any atom is -0.480 e. The lowest BCUT2D eigenvalue weighted by Crippen LogP contribution is -2.40. The number of hydrogen-bond donors (Lipinski definition) is 1. The van der Waals surface area contributed by atoms with Crippen LogP contribution in [0.1, 0.15) is 19.8 Å². The normalized spacial score (nSPS) is 13.2. The molecule has 1 N–H and O–H groups in total. The van der Waals surface area contributed by atoms with Crippen molar-refractivity contribution in [2.45, 2.75) is 25.8 Å². The number of amides is 1. The van der Waals surface area contributed by atoms with Crippen LogP contribution in [0.15, 0.2) is 0 Å². The van der Waals surface area contributed by atoms with E-state index in [4.69, 9.17) is 5.11 Å². The highest BCUT2D eigenvalue weighted by atomic mass is 32.2. The second-order valence-electron chi connectivity index (χ2n) is 3.75. The third-order valence-electron chi connectivity index (χ3n) is 2.24. The molecule has 6 nitrogen and oxygen atoms in total. The van der Waals surface area contributed by atoms with Crippen molar-refractivity contribution in [2.24, 2.45) is 0 Å². The fourth-order valence-electron chi connectivity index (χ4n) is 1.04. The lowest BCUT2D eigenvalue weighted by molar-refractivity contribution is -0.148. The molecule has 94 valence electrons. The van der Waals surface area contributed by atoms with Crippen LogP contribution in [-0.2, 0) is 19.4 Å². The SMILES string of the molecule is CC(C(=O)O)N(C)C(=O)CCCS(C)(=O)=O. The quantitative estimate of drug-likeness (QED) is 0.702. The summed E-state index contributed by atoms with van der Waals surface area (Å²) in [6.07, 6.45) is 1.36. The number of carbonyl (C=O) groups excluding carboxylic acids is 1. The van der Waals surface area contributed by atoms with E-state index in [0.29, 0.717) is 0 Å². The van der Waals surface area contributed by atoms with E-state index in [1.54, 1.807) is 0 Å². The number of carbonyl (C=O) groups is 2. The van der Waals surface area contributed by atoms with Gasteiger partial charge in [-0.1, -0.05) is 0 Å². The number of hydrogen-bond acceptors (Lipinski definition) is 4. The van der Waals surface area contributed by atoms with E-state index < -0.39 is 21.8 Å². The van der Waals surface area contributed by atoms with Gasteiger partial charge in [0.1, 0.15) is 15.9 Å². The van der Waals surface area contributed by atoms with Crippen LogP contribution in [0.25, 0.3) is 0 Å². The smallest absolute Gasteiger partial charge is 0.326 e. The van der Waals surface area contributed by atoms with Gasteiger partial charge in [-0.2, -0.15) is 0 Å². The maximum atomic E-state index is 11.4. The average molecular weight is 251 g/mol. The molecule has 7 heteroatoms. The van der Waals surface area contributed by atoms with Crippen LogP contribution in [0.3, 0.4) is 0 Å². The highest BCUT2D eigenvalue weighted by Crippen LogP contribution is 2.03. The van der Waals surface area contributed by atoms with Crippen LogP contribution in [-0.4, -0.2) is 55.4 Å². The van der Waals surface area contributed by atoms with Gasteiger partial charge >= 0.3 is 5.97 Å². The topological polar surface area (TPSA) is 91.8 Å². The molecule has 0 aliphatic heterocycles. The van der Waals surface area contributed by atoms with Gasteiger partial charge in [0.2, 0.25) is 5.91 Å². The Morgan fingerprint density at radius 1 is 1.38 bits per heavy atom. The fourth-order valence-corrected chi connectivity index (χ4v) is 1.71. The summed E-state index contributed by atoms with van der Waals surface area (Å²) in [7, 11) is -1.68. The molecule has 0 radical (unpaired) electrons. The van der Waals surface area contributed by atoms with Crippen LogP contribution < -0.4 is 0 Å². The molecule has 1 amide bonds. The zero-order valence-corrected chi connectivity index (χ0v) is 10.5. The Kier molecular flexibility index (Phi) is 5.43. The first-order valence-electron chi connectivity index (χ1n) is 4.81. The summed E-state index contributed by atoms with van der Waals surface area (Å²) in [5.41, 5.74) is 0. The highest BCUT2D eigenvalue weighted by molar-refractivity contribution is 7.90. The lowest BCUT2D eigenvalue weighted by atomic mass is 10.2. The zero-order chi connectivity index (χ0) is 12.9. The second-order valence-corrected chi connectivity index (χ2v) is 6.01. The van der Waals surface area contributed by atoms with Crippen LogP contribution in [0.5, 0.6) is 0 Å². The molecular formula is C9H17NO5S. The molecule has 0 rings (SSSR count). The summed E-state index contributed by atoms with van der Waals surface area (Å²) in [6, 6.07) is -0.897. The Balaban J connectivity index is 4.12. The van der Waals surface area contributed by atoms with Gasteiger partial charge in [0.25, 0.3) is 0 Å². The Bertz CT molecular complexity index is 362. The number of carboxylic acids is 1. The summed E-state index contributed by atoms with van der Waals surface area (Å²) in [4.78, 5) is 23.1. The van der Waals surface area contributed by atoms with Crippen molar-refractivity contribution in [3.8, 4) is 0 Å². The van der Waals surface area contributed by atoms with Gasteiger partial charge in [-0.05, 0) is 13.3 Å². The van der Waals surface area contributed by atoms with E-state index >= 15 is 0 Å². The van der Waals surface area contributed by atoms with Crippen molar-refractivity contribution in [3.63, 3.8) is 0 Å². The number of rotatable bonds is 6. The molecule has 0 saturated heterocycles. The van der Waals surface area contributed by atoms with Crippen LogP contribution in [0.4, 0.5) is 0 Å². The number of sulfone groups is 1. The minimum absolute atomic E-state index is 0.0428. The molecule has 0 aliphatic carbocycles. The molecule has 0 fully saturated rings. The third-order valence-corrected chi connectivity index (χ3v) is 3.27. The molecule has 0 heterocycles. The number of likely N-dealkylation sites (N-methyl/N-ethyl adjacent to an activating group) is 1. The lowest BCUT2D eigenvalue weighted by Gasteiger charge is -2.21. The Morgan fingerprint density at radius 3 is 2.25 bits per heavy atom. The maximum absolute atomic E-state index is 11.4. The molecule has 0 saturated carbocycles. The maximum Gasteiger partial charge on any atom is 0.326 e. The monoisotopic (exact) mass is 251 g/mol. The molecule has 0 spiro atoms. The van der Waals surface area contributed by atoms with E-state index in [9.17, 15) is 18.0 Å². The van der Waals surface area contributed by atoms with Crippen molar-refractivity contribution < 1.29 is 23.1 Å². The van der Waals surface area contributed by atoms with E-state index in [2.05, 4.69) is 0 Å². The number of nitrogens with zero attached hydrogens (tertiary/aromatic N) is 1. The number of carboxylic acid groups (broad SMARTS) is 1. The average Bonchev–Trinajstić information content (AvgIpc) is 2.13. The summed E-state index contributed by atoms with van der Waals surface area (Å²) in [5.74, 6) is -1.51. The summed E-state index contributed by atoms with van der Waals surface area (Å²) in [5, 5.41) is 8.67. The summed E-state index contributed by atoms with van der Waals surface area (Å²) >= 11 is 0. The Labute approximate surface area is 95.2 Å². The predicted octanol–water partition coefficient (Wildman–Crippen LogP) is -0.257. The third kappa shape index (κ3) is 5.69. The molecule has 0 aliphatic rings. The first kappa shape index (κ1) is 14.9. The van der Waals surface area contributed by atoms with Crippen molar-refractivity contribution in [1.29, 1.82) is 0 Å². The zero-order valence-electron chi connectivity index (χ0n) is 9.63. The van der Waals surface area contributed by atoms with Gasteiger partial charge in [0, 0.05) is 19.7 Å². The van der Waals surface area contributed by atoms with Gasteiger partial charge in [-0.3, -0.25) is 4.79 Å². The van der Waals surface area contributed by atoms with Gasteiger partial charge < -0.3 is 10.0 Å². The standard InChI is InChI=1S/C9H17NO5S/c1-7(9(12)13)10(2)8(11)5-4-6-16(3,14)15/h7H,4-6H2,1-3H3,(H,12,13). The largest absolute Gasteiger partial charge is 0.480 e. The van der Waals surface area contributed by atoms with Gasteiger partial charge in [-0.15, -0.1) is 0 Å².